The molecule has 2 rings (SSSR count). The first kappa shape index (κ1) is 20.1. The van der Waals surface area contributed by atoms with Crippen molar-refractivity contribution in [2.45, 2.75) is 13.0 Å². The fraction of sp³-hybridized carbons (Fsp3) is 0.263. The molecule has 5 nitrogen and oxygen atoms in total. The number of rotatable bonds is 6. The third-order valence-corrected chi connectivity index (χ3v) is 4.30. The number of esters is 1. The lowest BCUT2D eigenvalue weighted by Gasteiger charge is -2.16. The van der Waals surface area contributed by atoms with Crippen molar-refractivity contribution in [3.05, 3.63) is 63.6 Å². The fourth-order valence-corrected chi connectivity index (χ4v) is 2.91. The highest BCUT2D eigenvalue weighted by Crippen LogP contribution is 2.26. The normalized spacial score (nSPS) is 11.6. The Morgan fingerprint density at radius 3 is 2.54 bits per heavy atom. The Balaban J connectivity index is 1.92. The number of carbonyl (C=O) groups excluding carboxylic acids is 2. The van der Waals surface area contributed by atoms with Gasteiger partial charge in [0.15, 0.2) is 6.61 Å². The van der Waals surface area contributed by atoms with E-state index in [1.54, 1.807) is 43.3 Å². The average Bonchev–Trinajstić information content (AvgIpc) is 2.59. The van der Waals surface area contributed by atoms with Gasteiger partial charge < -0.3 is 15.0 Å². The van der Waals surface area contributed by atoms with Gasteiger partial charge in [-0.1, -0.05) is 35.3 Å². The maximum Gasteiger partial charge on any atom is 0.338 e. The van der Waals surface area contributed by atoms with Crippen LogP contribution in [0.5, 0.6) is 0 Å². The molecule has 1 atom stereocenters. The number of nitrogens with one attached hydrogen (secondary N) is 1. The lowest BCUT2D eigenvalue weighted by molar-refractivity contribution is -0.124. The minimum atomic E-state index is -0.555. The van der Waals surface area contributed by atoms with E-state index in [1.165, 1.54) is 0 Å². The van der Waals surface area contributed by atoms with E-state index in [9.17, 15) is 9.59 Å². The number of amides is 1. The molecule has 0 saturated carbocycles. The summed E-state index contributed by atoms with van der Waals surface area (Å²) in [6, 6.07) is 11.7. The molecular weight excluding hydrogens is 375 g/mol. The predicted molar refractivity (Wildman–Crippen MR) is 104 cm³/mol. The second kappa shape index (κ2) is 8.92. The lowest BCUT2D eigenvalue weighted by Crippen LogP contribution is -2.31. The number of anilines is 1. The first-order valence-electron chi connectivity index (χ1n) is 7.96. The van der Waals surface area contributed by atoms with Crippen LogP contribution in [0.4, 0.5) is 5.69 Å². The Morgan fingerprint density at radius 1 is 1.15 bits per heavy atom. The second-order valence-electron chi connectivity index (χ2n) is 5.98. The van der Waals surface area contributed by atoms with Gasteiger partial charge in [0.05, 0.1) is 11.6 Å². The van der Waals surface area contributed by atoms with E-state index in [2.05, 4.69) is 5.32 Å². The zero-order valence-corrected chi connectivity index (χ0v) is 16.3. The van der Waals surface area contributed by atoms with Gasteiger partial charge in [-0.05, 0) is 42.8 Å². The molecule has 0 saturated heterocycles. The van der Waals surface area contributed by atoms with Crippen molar-refractivity contribution in [1.29, 1.82) is 0 Å². The summed E-state index contributed by atoms with van der Waals surface area (Å²) in [6.45, 7) is 1.41. The zero-order valence-electron chi connectivity index (χ0n) is 14.8. The minimum Gasteiger partial charge on any atom is -0.452 e. The number of benzene rings is 2. The summed E-state index contributed by atoms with van der Waals surface area (Å²) in [5, 5.41) is 3.72. The molecule has 138 valence electrons. The van der Waals surface area contributed by atoms with Crippen molar-refractivity contribution in [2.24, 2.45) is 0 Å². The van der Waals surface area contributed by atoms with Crippen LogP contribution in [-0.2, 0) is 9.53 Å². The Kier molecular flexibility index (Phi) is 6.89. The molecule has 1 N–H and O–H groups in total. The third-order valence-electron chi connectivity index (χ3n) is 3.74. The lowest BCUT2D eigenvalue weighted by atomic mass is 10.1. The largest absolute Gasteiger partial charge is 0.452 e. The molecule has 0 radical (unpaired) electrons. The van der Waals surface area contributed by atoms with Gasteiger partial charge in [0.2, 0.25) is 0 Å². The zero-order chi connectivity index (χ0) is 19.3. The van der Waals surface area contributed by atoms with Crippen molar-refractivity contribution in [3.8, 4) is 0 Å². The van der Waals surface area contributed by atoms with Gasteiger partial charge in [-0.25, -0.2) is 4.79 Å². The van der Waals surface area contributed by atoms with Gasteiger partial charge >= 0.3 is 5.97 Å². The topological polar surface area (TPSA) is 58.6 Å². The second-order valence-corrected chi connectivity index (χ2v) is 6.82. The SMILES string of the molecule is C[C@H](NC(=O)COC(=O)c1cccc(N(C)C)c1)c1ccc(Cl)cc1Cl. The summed E-state index contributed by atoms with van der Waals surface area (Å²) in [4.78, 5) is 26.0. The van der Waals surface area contributed by atoms with Crippen LogP contribution in [0.2, 0.25) is 10.0 Å². The number of ether oxygens (including phenoxy) is 1. The Bertz CT molecular complexity index is 809. The summed E-state index contributed by atoms with van der Waals surface area (Å²) in [6.07, 6.45) is 0. The van der Waals surface area contributed by atoms with Crippen molar-refractivity contribution in [3.63, 3.8) is 0 Å². The Labute approximate surface area is 162 Å². The fourth-order valence-electron chi connectivity index (χ4n) is 2.34. The molecule has 1 amide bonds. The highest BCUT2D eigenvalue weighted by Gasteiger charge is 2.15. The molecule has 0 aliphatic heterocycles. The van der Waals surface area contributed by atoms with Crippen molar-refractivity contribution in [1.82, 2.24) is 5.32 Å². The van der Waals surface area contributed by atoms with E-state index < -0.39 is 11.9 Å². The van der Waals surface area contributed by atoms with Gasteiger partial charge in [-0.15, -0.1) is 0 Å². The summed E-state index contributed by atoms with van der Waals surface area (Å²) >= 11 is 12.0. The van der Waals surface area contributed by atoms with E-state index in [4.69, 9.17) is 27.9 Å². The van der Waals surface area contributed by atoms with E-state index in [0.717, 1.165) is 11.3 Å². The molecule has 0 heterocycles. The van der Waals surface area contributed by atoms with Crippen LogP contribution in [0.25, 0.3) is 0 Å². The number of halogens is 2. The predicted octanol–water partition coefficient (Wildman–Crippen LogP) is 4.09. The first-order chi connectivity index (χ1) is 12.3. The summed E-state index contributed by atoms with van der Waals surface area (Å²) in [5.41, 5.74) is 1.99. The Morgan fingerprint density at radius 2 is 1.88 bits per heavy atom. The molecule has 0 unspecified atom stereocenters. The van der Waals surface area contributed by atoms with Crippen LogP contribution in [0, 0.1) is 0 Å². The van der Waals surface area contributed by atoms with E-state index in [1.807, 2.05) is 25.1 Å². The molecule has 0 bridgehead atoms. The monoisotopic (exact) mass is 394 g/mol. The summed E-state index contributed by atoms with van der Waals surface area (Å²) in [7, 11) is 3.75. The molecule has 0 aliphatic carbocycles. The molecule has 0 spiro atoms. The molecule has 2 aromatic carbocycles. The van der Waals surface area contributed by atoms with Gasteiger partial charge in [-0.3, -0.25) is 4.79 Å². The molecule has 0 aromatic heterocycles. The van der Waals surface area contributed by atoms with Crippen LogP contribution < -0.4 is 10.2 Å². The molecule has 0 aliphatic rings. The number of carbonyl (C=O) groups is 2. The maximum absolute atomic E-state index is 12.1. The average molecular weight is 395 g/mol. The molecule has 26 heavy (non-hydrogen) atoms. The molecule has 0 fully saturated rings. The van der Waals surface area contributed by atoms with E-state index in [-0.39, 0.29) is 12.6 Å². The van der Waals surface area contributed by atoms with Crippen LogP contribution in [0.1, 0.15) is 28.9 Å². The van der Waals surface area contributed by atoms with Crippen LogP contribution in [0.15, 0.2) is 42.5 Å². The molecular formula is C19H20Cl2N2O3. The van der Waals surface area contributed by atoms with Gasteiger partial charge in [0, 0.05) is 29.8 Å². The molecule has 2 aromatic rings. The summed E-state index contributed by atoms with van der Waals surface area (Å²) in [5.74, 6) is -0.971. The number of hydrogen-bond donors (Lipinski definition) is 1. The first-order valence-corrected chi connectivity index (χ1v) is 8.72. The van der Waals surface area contributed by atoms with Gasteiger partial charge in [-0.2, -0.15) is 0 Å². The number of nitrogens with zero attached hydrogens (tertiary/aromatic N) is 1. The quantitative estimate of drug-likeness (QED) is 0.749. The van der Waals surface area contributed by atoms with Crippen LogP contribution in [-0.4, -0.2) is 32.6 Å². The highest BCUT2D eigenvalue weighted by atomic mass is 35.5. The van der Waals surface area contributed by atoms with E-state index >= 15 is 0 Å². The highest BCUT2D eigenvalue weighted by molar-refractivity contribution is 6.35. The summed E-state index contributed by atoms with van der Waals surface area (Å²) < 4.78 is 5.09. The minimum absolute atomic E-state index is 0.344. The van der Waals surface area contributed by atoms with Crippen LogP contribution >= 0.6 is 23.2 Å². The van der Waals surface area contributed by atoms with Gasteiger partial charge in [0.25, 0.3) is 5.91 Å². The standard InChI is InChI=1S/C19H20Cl2N2O3/c1-12(16-8-7-14(20)10-17(16)21)22-18(24)11-26-19(25)13-5-4-6-15(9-13)23(2)3/h4-10,12H,11H2,1-3H3,(H,22,24)/t12-/m0/s1. The van der Waals surface area contributed by atoms with Crippen molar-refractivity contribution in [2.75, 3.05) is 25.6 Å². The molecule has 7 heteroatoms. The van der Waals surface area contributed by atoms with Gasteiger partial charge in [0.1, 0.15) is 0 Å². The maximum atomic E-state index is 12.1. The van der Waals surface area contributed by atoms with Crippen molar-refractivity contribution < 1.29 is 14.3 Å². The number of hydrogen-bond acceptors (Lipinski definition) is 4. The van der Waals surface area contributed by atoms with E-state index in [0.29, 0.717) is 15.6 Å². The smallest absolute Gasteiger partial charge is 0.338 e. The van der Waals surface area contributed by atoms with Crippen LogP contribution in [0.3, 0.4) is 0 Å². The third kappa shape index (κ3) is 5.38. The van der Waals surface area contributed by atoms with Crippen molar-refractivity contribution >= 4 is 40.8 Å². The Hall–Kier alpha value is -2.24.